The number of halogens is 3. The van der Waals surface area contributed by atoms with E-state index in [2.05, 4.69) is 5.32 Å². The number of rotatable bonds is 5. The van der Waals surface area contributed by atoms with Crippen LogP contribution in [-0.2, 0) is 13.1 Å². The molecule has 0 saturated heterocycles. The first-order valence-electron chi connectivity index (χ1n) is 6.20. The summed E-state index contributed by atoms with van der Waals surface area (Å²) >= 11 is 0. The van der Waals surface area contributed by atoms with Gasteiger partial charge in [0, 0.05) is 24.2 Å². The van der Waals surface area contributed by atoms with Crippen molar-refractivity contribution in [1.29, 1.82) is 0 Å². The lowest BCUT2D eigenvalue weighted by Crippen LogP contribution is -2.16. The lowest BCUT2D eigenvalue weighted by Gasteiger charge is -2.08. The second-order valence-electron chi connectivity index (χ2n) is 4.52. The molecule has 0 aliphatic carbocycles. The maximum absolute atomic E-state index is 13.6. The number of carbonyl (C=O) groups is 1. The van der Waals surface area contributed by atoms with E-state index in [0.29, 0.717) is 5.56 Å². The molecule has 0 heterocycles. The van der Waals surface area contributed by atoms with E-state index in [-0.39, 0.29) is 24.2 Å². The van der Waals surface area contributed by atoms with Crippen molar-refractivity contribution in [3.63, 3.8) is 0 Å². The SMILES string of the molecule is NC(=O)c1ccc(F)c(CNCc2ccc(F)c(F)c2)c1. The Kier molecular flexibility index (Phi) is 4.59. The molecule has 0 aliphatic heterocycles. The van der Waals surface area contributed by atoms with Crippen LogP contribution in [0.25, 0.3) is 0 Å². The average Bonchev–Trinajstić information content (AvgIpc) is 2.44. The predicted octanol–water partition coefficient (Wildman–Crippen LogP) is 2.49. The first-order valence-corrected chi connectivity index (χ1v) is 6.20. The predicted molar refractivity (Wildman–Crippen MR) is 71.8 cm³/mol. The molecule has 21 heavy (non-hydrogen) atoms. The summed E-state index contributed by atoms with van der Waals surface area (Å²) in [5.74, 6) is -2.97. The van der Waals surface area contributed by atoms with Gasteiger partial charge in [0.2, 0.25) is 5.91 Å². The Morgan fingerprint density at radius 1 is 0.952 bits per heavy atom. The van der Waals surface area contributed by atoms with Crippen LogP contribution in [0.4, 0.5) is 13.2 Å². The van der Waals surface area contributed by atoms with Gasteiger partial charge in [-0.3, -0.25) is 4.79 Å². The molecule has 6 heteroatoms. The molecule has 3 nitrogen and oxygen atoms in total. The largest absolute Gasteiger partial charge is 0.366 e. The summed E-state index contributed by atoms with van der Waals surface area (Å²) in [6.07, 6.45) is 0. The minimum atomic E-state index is -0.934. The molecular weight excluding hydrogens is 281 g/mol. The zero-order valence-electron chi connectivity index (χ0n) is 11.0. The molecule has 2 rings (SSSR count). The van der Waals surface area contributed by atoms with E-state index < -0.39 is 23.4 Å². The summed E-state index contributed by atoms with van der Waals surface area (Å²) in [7, 11) is 0. The van der Waals surface area contributed by atoms with Crippen LogP contribution in [0.1, 0.15) is 21.5 Å². The molecule has 0 fully saturated rings. The van der Waals surface area contributed by atoms with Gasteiger partial charge in [-0.15, -0.1) is 0 Å². The lowest BCUT2D eigenvalue weighted by molar-refractivity contribution is 0.1000. The number of nitrogens with one attached hydrogen (secondary N) is 1. The second kappa shape index (κ2) is 6.41. The Balaban J connectivity index is 2.01. The highest BCUT2D eigenvalue weighted by molar-refractivity contribution is 5.92. The van der Waals surface area contributed by atoms with E-state index in [1.165, 1.54) is 18.2 Å². The van der Waals surface area contributed by atoms with Crippen LogP contribution >= 0.6 is 0 Å². The Morgan fingerprint density at radius 3 is 2.33 bits per heavy atom. The zero-order valence-corrected chi connectivity index (χ0v) is 11.0. The molecule has 3 N–H and O–H groups in total. The van der Waals surface area contributed by atoms with E-state index in [4.69, 9.17) is 5.73 Å². The van der Waals surface area contributed by atoms with Crippen LogP contribution in [0.2, 0.25) is 0 Å². The highest BCUT2D eigenvalue weighted by atomic mass is 19.2. The Bertz CT molecular complexity index is 674. The third-order valence-corrected chi connectivity index (χ3v) is 2.96. The van der Waals surface area contributed by atoms with Crippen LogP contribution in [0.5, 0.6) is 0 Å². The third-order valence-electron chi connectivity index (χ3n) is 2.96. The molecule has 0 bridgehead atoms. The van der Waals surface area contributed by atoms with Gasteiger partial charge in [0.05, 0.1) is 0 Å². The van der Waals surface area contributed by atoms with Crippen molar-refractivity contribution in [3.05, 3.63) is 70.5 Å². The maximum atomic E-state index is 13.6. The molecule has 2 aromatic carbocycles. The standard InChI is InChI=1S/C15H13F3N2O/c16-12-4-2-10(15(19)21)6-11(12)8-20-7-9-1-3-13(17)14(18)5-9/h1-6,20H,7-8H2,(H2,19,21). The number of nitrogens with two attached hydrogens (primary N) is 1. The van der Waals surface area contributed by atoms with Crippen molar-refractivity contribution < 1.29 is 18.0 Å². The average molecular weight is 294 g/mol. The smallest absolute Gasteiger partial charge is 0.248 e. The minimum Gasteiger partial charge on any atom is -0.366 e. The van der Waals surface area contributed by atoms with Crippen molar-refractivity contribution in [2.75, 3.05) is 0 Å². The quantitative estimate of drug-likeness (QED) is 0.890. The van der Waals surface area contributed by atoms with Gasteiger partial charge in [0.15, 0.2) is 11.6 Å². The van der Waals surface area contributed by atoms with Crippen molar-refractivity contribution in [2.24, 2.45) is 5.73 Å². The summed E-state index contributed by atoms with van der Waals surface area (Å²) in [6, 6.07) is 7.35. The molecule has 0 atom stereocenters. The summed E-state index contributed by atoms with van der Waals surface area (Å²) in [5.41, 5.74) is 6.13. The Labute approximate surface area is 119 Å². The van der Waals surface area contributed by atoms with Gasteiger partial charge < -0.3 is 11.1 Å². The normalized spacial score (nSPS) is 10.6. The van der Waals surface area contributed by atoms with E-state index in [0.717, 1.165) is 18.2 Å². The summed E-state index contributed by atoms with van der Waals surface area (Å²) < 4.78 is 39.4. The minimum absolute atomic E-state index is 0.131. The van der Waals surface area contributed by atoms with Gasteiger partial charge in [-0.2, -0.15) is 0 Å². The van der Waals surface area contributed by atoms with Crippen LogP contribution in [-0.4, -0.2) is 5.91 Å². The Morgan fingerprint density at radius 2 is 1.67 bits per heavy atom. The molecule has 0 spiro atoms. The van der Waals surface area contributed by atoms with E-state index in [9.17, 15) is 18.0 Å². The molecular formula is C15H13F3N2O. The lowest BCUT2D eigenvalue weighted by atomic mass is 10.1. The first-order chi connectivity index (χ1) is 9.97. The summed E-state index contributed by atoms with van der Waals surface area (Å²) in [4.78, 5) is 11.0. The monoisotopic (exact) mass is 294 g/mol. The maximum Gasteiger partial charge on any atom is 0.248 e. The van der Waals surface area contributed by atoms with Crippen LogP contribution in [0.3, 0.4) is 0 Å². The van der Waals surface area contributed by atoms with Crippen LogP contribution in [0.15, 0.2) is 36.4 Å². The van der Waals surface area contributed by atoms with Gasteiger partial charge in [0.25, 0.3) is 0 Å². The molecule has 110 valence electrons. The number of amides is 1. The van der Waals surface area contributed by atoms with E-state index in [1.54, 1.807) is 0 Å². The first kappa shape index (κ1) is 15.1. The molecule has 1 amide bonds. The number of benzene rings is 2. The fourth-order valence-corrected chi connectivity index (χ4v) is 1.85. The van der Waals surface area contributed by atoms with E-state index >= 15 is 0 Å². The van der Waals surface area contributed by atoms with Gasteiger partial charge in [0.1, 0.15) is 5.82 Å². The number of carbonyl (C=O) groups excluding carboxylic acids is 1. The Hall–Kier alpha value is -2.34. The summed E-state index contributed by atoms with van der Waals surface area (Å²) in [6.45, 7) is 0.364. The van der Waals surface area contributed by atoms with Crippen LogP contribution < -0.4 is 11.1 Å². The highest BCUT2D eigenvalue weighted by Gasteiger charge is 2.07. The summed E-state index contributed by atoms with van der Waals surface area (Å²) in [5, 5.41) is 2.89. The van der Waals surface area contributed by atoms with Crippen molar-refractivity contribution in [2.45, 2.75) is 13.1 Å². The number of hydrogen-bond donors (Lipinski definition) is 2. The van der Waals surface area contributed by atoms with Crippen molar-refractivity contribution >= 4 is 5.91 Å². The molecule has 2 aromatic rings. The molecule has 0 aliphatic rings. The number of hydrogen-bond acceptors (Lipinski definition) is 2. The third kappa shape index (κ3) is 3.82. The molecule has 0 aromatic heterocycles. The van der Waals surface area contributed by atoms with Gasteiger partial charge in [-0.1, -0.05) is 6.07 Å². The zero-order chi connectivity index (χ0) is 15.4. The second-order valence-corrected chi connectivity index (χ2v) is 4.52. The molecule has 0 unspecified atom stereocenters. The van der Waals surface area contributed by atoms with Crippen molar-refractivity contribution in [1.82, 2.24) is 5.32 Å². The van der Waals surface area contributed by atoms with Gasteiger partial charge >= 0.3 is 0 Å². The highest BCUT2D eigenvalue weighted by Crippen LogP contribution is 2.12. The molecule has 0 saturated carbocycles. The van der Waals surface area contributed by atoms with E-state index in [1.807, 2.05) is 0 Å². The van der Waals surface area contributed by atoms with Crippen LogP contribution in [0, 0.1) is 17.5 Å². The topological polar surface area (TPSA) is 55.1 Å². The fourth-order valence-electron chi connectivity index (χ4n) is 1.85. The van der Waals surface area contributed by atoms with Gasteiger partial charge in [-0.05, 0) is 35.9 Å². The molecule has 0 radical (unpaired) electrons. The number of primary amides is 1. The van der Waals surface area contributed by atoms with Crippen molar-refractivity contribution in [3.8, 4) is 0 Å². The fraction of sp³-hybridized carbons (Fsp3) is 0.133. The van der Waals surface area contributed by atoms with Gasteiger partial charge in [-0.25, -0.2) is 13.2 Å².